The average molecular weight is 286 g/mol. The summed E-state index contributed by atoms with van der Waals surface area (Å²) in [7, 11) is 0. The first-order chi connectivity index (χ1) is 8.69. The summed E-state index contributed by atoms with van der Waals surface area (Å²) >= 11 is 8.27. The first-order valence-electron chi connectivity index (χ1n) is 6.42. The number of rotatable bonds is 4. The third-order valence-corrected chi connectivity index (χ3v) is 4.46. The van der Waals surface area contributed by atoms with E-state index in [4.69, 9.17) is 11.6 Å². The molecule has 1 N–H and O–H groups in total. The van der Waals surface area contributed by atoms with Gasteiger partial charge in [0, 0.05) is 37.2 Å². The van der Waals surface area contributed by atoms with Crippen molar-refractivity contribution in [2.24, 2.45) is 0 Å². The summed E-state index contributed by atoms with van der Waals surface area (Å²) in [4.78, 5) is 7.03. The normalized spacial score (nSPS) is 20.9. The Balaban J connectivity index is 2.05. The summed E-state index contributed by atoms with van der Waals surface area (Å²) in [5.74, 6) is 2.11. The van der Waals surface area contributed by atoms with Gasteiger partial charge >= 0.3 is 0 Å². The van der Waals surface area contributed by atoms with Crippen LogP contribution in [0, 0.1) is 0 Å². The Kier molecular flexibility index (Phi) is 5.15. The summed E-state index contributed by atoms with van der Waals surface area (Å²) in [6.07, 6.45) is 0. The molecule has 1 aliphatic rings. The number of anilines is 1. The Morgan fingerprint density at radius 3 is 3.11 bits per heavy atom. The number of pyridine rings is 1. The summed E-state index contributed by atoms with van der Waals surface area (Å²) in [5.41, 5.74) is 0.981. The lowest BCUT2D eigenvalue weighted by Crippen LogP contribution is -2.36. The van der Waals surface area contributed by atoms with Crippen molar-refractivity contribution in [2.45, 2.75) is 25.6 Å². The van der Waals surface area contributed by atoms with Crippen molar-refractivity contribution < 1.29 is 0 Å². The van der Waals surface area contributed by atoms with E-state index >= 15 is 0 Å². The van der Waals surface area contributed by atoms with Crippen LogP contribution in [0.3, 0.4) is 0 Å². The van der Waals surface area contributed by atoms with E-state index in [0.29, 0.717) is 5.25 Å². The van der Waals surface area contributed by atoms with Crippen LogP contribution in [0.2, 0.25) is 5.02 Å². The average Bonchev–Trinajstić information content (AvgIpc) is 2.34. The van der Waals surface area contributed by atoms with Crippen molar-refractivity contribution in [1.82, 2.24) is 9.88 Å². The Morgan fingerprint density at radius 2 is 2.39 bits per heavy atom. The third-order valence-electron chi connectivity index (χ3n) is 2.98. The van der Waals surface area contributed by atoms with Crippen molar-refractivity contribution in [2.75, 3.05) is 30.7 Å². The molecule has 0 bridgehead atoms. The van der Waals surface area contributed by atoms with Crippen molar-refractivity contribution >= 4 is 29.2 Å². The molecule has 1 unspecified atom stereocenters. The van der Waals surface area contributed by atoms with Crippen molar-refractivity contribution in [3.05, 3.63) is 22.8 Å². The molecule has 100 valence electrons. The maximum Gasteiger partial charge on any atom is 0.126 e. The first-order valence-corrected chi connectivity index (χ1v) is 7.85. The molecule has 0 radical (unpaired) electrons. The zero-order valence-corrected chi connectivity index (χ0v) is 12.5. The van der Waals surface area contributed by atoms with Crippen LogP contribution in [0.15, 0.2) is 12.1 Å². The molecule has 1 saturated heterocycles. The molecule has 3 nitrogen and oxygen atoms in total. The van der Waals surface area contributed by atoms with E-state index in [1.807, 2.05) is 23.9 Å². The monoisotopic (exact) mass is 285 g/mol. The fourth-order valence-corrected chi connectivity index (χ4v) is 3.37. The second-order valence-electron chi connectivity index (χ2n) is 4.57. The predicted molar refractivity (Wildman–Crippen MR) is 80.6 cm³/mol. The Labute approximate surface area is 118 Å². The predicted octanol–water partition coefficient (Wildman–Crippen LogP) is 3.10. The highest BCUT2D eigenvalue weighted by atomic mass is 35.5. The molecule has 1 fully saturated rings. The van der Waals surface area contributed by atoms with Crippen molar-refractivity contribution in [1.29, 1.82) is 0 Å². The number of halogens is 1. The molecule has 0 amide bonds. The number of hydrogen-bond donors (Lipinski definition) is 1. The second-order valence-corrected chi connectivity index (χ2v) is 6.53. The standard InChI is InChI=1S/C13H20ClN3S/c1-3-15-13-5-4-11(14)12(16-13)9-17-6-7-18-10(2)8-17/h4-5,10H,3,6-9H2,1-2H3,(H,15,16). The molecule has 2 heterocycles. The second kappa shape index (κ2) is 6.64. The molecule has 18 heavy (non-hydrogen) atoms. The largest absolute Gasteiger partial charge is 0.370 e. The Bertz CT molecular complexity index is 400. The maximum atomic E-state index is 6.23. The lowest BCUT2D eigenvalue weighted by atomic mass is 10.3. The van der Waals surface area contributed by atoms with Gasteiger partial charge in [-0.25, -0.2) is 4.98 Å². The van der Waals surface area contributed by atoms with E-state index in [9.17, 15) is 0 Å². The number of thioether (sulfide) groups is 1. The van der Waals surface area contributed by atoms with Crippen LogP contribution < -0.4 is 5.32 Å². The van der Waals surface area contributed by atoms with Gasteiger partial charge in [-0.15, -0.1) is 0 Å². The molecule has 1 aromatic heterocycles. The molecule has 0 aliphatic carbocycles. The van der Waals surface area contributed by atoms with Gasteiger partial charge in [-0.3, -0.25) is 4.90 Å². The van der Waals surface area contributed by atoms with Crippen LogP contribution in [-0.4, -0.2) is 40.5 Å². The van der Waals surface area contributed by atoms with Gasteiger partial charge in [0.1, 0.15) is 5.82 Å². The molecule has 1 aliphatic heterocycles. The van der Waals surface area contributed by atoms with E-state index in [0.717, 1.165) is 42.7 Å². The summed E-state index contributed by atoms with van der Waals surface area (Å²) < 4.78 is 0. The molecular formula is C13H20ClN3S. The zero-order valence-electron chi connectivity index (χ0n) is 10.9. The molecule has 0 spiro atoms. The van der Waals surface area contributed by atoms with Crippen LogP contribution in [0.5, 0.6) is 0 Å². The number of aromatic nitrogens is 1. The third kappa shape index (κ3) is 3.77. The van der Waals surface area contributed by atoms with Crippen LogP contribution in [0.25, 0.3) is 0 Å². The van der Waals surface area contributed by atoms with Crippen LogP contribution in [0.1, 0.15) is 19.5 Å². The SMILES string of the molecule is CCNc1ccc(Cl)c(CN2CCSC(C)C2)n1. The van der Waals surface area contributed by atoms with Gasteiger partial charge in [-0.1, -0.05) is 18.5 Å². The lowest BCUT2D eigenvalue weighted by molar-refractivity contribution is 0.275. The van der Waals surface area contributed by atoms with Crippen LogP contribution in [-0.2, 0) is 6.54 Å². The van der Waals surface area contributed by atoms with Gasteiger partial charge in [0.2, 0.25) is 0 Å². The van der Waals surface area contributed by atoms with Gasteiger partial charge in [0.25, 0.3) is 0 Å². The summed E-state index contributed by atoms with van der Waals surface area (Å²) in [5, 5.41) is 4.70. The quantitative estimate of drug-likeness (QED) is 0.920. The molecule has 5 heteroatoms. The minimum atomic E-state index is 0.703. The first kappa shape index (κ1) is 14.0. The highest BCUT2D eigenvalue weighted by Gasteiger charge is 2.18. The van der Waals surface area contributed by atoms with E-state index in [2.05, 4.69) is 29.0 Å². The van der Waals surface area contributed by atoms with Crippen LogP contribution in [0.4, 0.5) is 5.82 Å². The molecular weight excluding hydrogens is 266 g/mol. The fourth-order valence-electron chi connectivity index (χ4n) is 2.12. The van der Waals surface area contributed by atoms with Crippen molar-refractivity contribution in [3.63, 3.8) is 0 Å². The van der Waals surface area contributed by atoms with Gasteiger partial charge in [0.05, 0.1) is 10.7 Å². The van der Waals surface area contributed by atoms with Gasteiger partial charge in [-0.2, -0.15) is 11.8 Å². The number of nitrogens with zero attached hydrogens (tertiary/aromatic N) is 2. The summed E-state index contributed by atoms with van der Waals surface area (Å²) in [6, 6.07) is 3.87. The van der Waals surface area contributed by atoms with Crippen LogP contribution >= 0.6 is 23.4 Å². The molecule has 1 atom stereocenters. The number of nitrogens with one attached hydrogen (secondary N) is 1. The zero-order chi connectivity index (χ0) is 13.0. The lowest BCUT2D eigenvalue weighted by Gasteiger charge is -2.30. The van der Waals surface area contributed by atoms with E-state index < -0.39 is 0 Å². The minimum Gasteiger partial charge on any atom is -0.370 e. The van der Waals surface area contributed by atoms with Gasteiger partial charge < -0.3 is 5.32 Å². The van der Waals surface area contributed by atoms with E-state index in [1.54, 1.807) is 0 Å². The van der Waals surface area contributed by atoms with E-state index in [-0.39, 0.29) is 0 Å². The molecule has 0 aromatic carbocycles. The number of hydrogen-bond acceptors (Lipinski definition) is 4. The van der Waals surface area contributed by atoms with Gasteiger partial charge in [0.15, 0.2) is 0 Å². The van der Waals surface area contributed by atoms with E-state index in [1.165, 1.54) is 5.75 Å². The highest BCUT2D eigenvalue weighted by molar-refractivity contribution is 7.99. The molecule has 2 rings (SSSR count). The highest BCUT2D eigenvalue weighted by Crippen LogP contribution is 2.22. The fraction of sp³-hybridized carbons (Fsp3) is 0.615. The maximum absolute atomic E-state index is 6.23. The summed E-state index contributed by atoms with van der Waals surface area (Å²) in [6.45, 7) is 8.32. The Morgan fingerprint density at radius 1 is 1.56 bits per heavy atom. The molecule has 0 saturated carbocycles. The minimum absolute atomic E-state index is 0.703. The topological polar surface area (TPSA) is 28.2 Å². The van der Waals surface area contributed by atoms with Gasteiger partial charge in [-0.05, 0) is 19.1 Å². The van der Waals surface area contributed by atoms with Crippen molar-refractivity contribution in [3.8, 4) is 0 Å². The molecule has 1 aromatic rings. The smallest absolute Gasteiger partial charge is 0.126 e. The Hall–Kier alpha value is -0.450.